The Morgan fingerprint density at radius 1 is 1.15 bits per heavy atom. The second-order valence-electron chi connectivity index (χ2n) is 4.97. The first-order valence-corrected chi connectivity index (χ1v) is 7.44. The van der Waals surface area contributed by atoms with E-state index in [1.54, 1.807) is 0 Å². The van der Waals surface area contributed by atoms with Crippen LogP contribution >= 0.6 is 0 Å². The third kappa shape index (κ3) is 5.33. The van der Waals surface area contributed by atoms with Crippen molar-refractivity contribution < 1.29 is 9.47 Å². The first-order valence-electron chi connectivity index (χ1n) is 7.44. The highest BCUT2D eigenvalue weighted by molar-refractivity contribution is 5.48. The summed E-state index contributed by atoms with van der Waals surface area (Å²) in [7, 11) is 0. The zero-order chi connectivity index (χ0) is 15.0. The Morgan fingerprint density at radius 2 is 1.90 bits per heavy atom. The molecule has 0 aliphatic carbocycles. The molecule has 0 bridgehead atoms. The van der Waals surface area contributed by atoms with E-state index in [0.29, 0.717) is 19.1 Å². The Morgan fingerprint density at radius 3 is 2.50 bits per heavy atom. The molecule has 1 aromatic heterocycles. The molecule has 0 spiro atoms. The van der Waals surface area contributed by atoms with Crippen LogP contribution < -0.4 is 10.1 Å². The van der Waals surface area contributed by atoms with Gasteiger partial charge in [0.1, 0.15) is 18.2 Å². The van der Waals surface area contributed by atoms with E-state index in [9.17, 15) is 0 Å². The molecule has 0 saturated carbocycles. The maximum atomic E-state index is 5.73. The summed E-state index contributed by atoms with van der Waals surface area (Å²) in [5.74, 6) is 2.33. The van der Waals surface area contributed by atoms with Gasteiger partial charge in [0, 0.05) is 13.0 Å². The molecular formula is C15H27N3O2. The smallest absolute Gasteiger partial charge is 0.221 e. The van der Waals surface area contributed by atoms with Gasteiger partial charge in [0.15, 0.2) is 0 Å². The fourth-order valence-corrected chi connectivity index (χ4v) is 1.68. The fourth-order valence-electron chi connectivity index (χ4n) is 1.68. The van der Waals surface area contributed by atoms with E-state index in [4.69, 9.17) is 9.47 Å². The molecule has 114 valence electrons. The van der Waals surface area contributed by atoms with Crippen molar-refractivity contribution in [3.05, 3.63) is 11.4 Å². The van der Waals surface area contributed by atoms with E-state index in [1.807, 2.05) is 27.7 Å². The van der Waals surface area contributed by atoms with Gasteiger partial charge in [-0.15, -0.1) is 0 Å². The lowest BCUT2D eigenvalue weighted by Gasteiger charge is -2.14. The average Bonchev–Trinajstić information content (AvgIpc) is 2.43. The lowest BCUT2D eigenvalue weighted by molar-refractivity contribution is 0.0540. The number of hydrogen-bond donors (Lipinski definition) is 1. The number of hydrogen-bond acceptors (Lipinski definition) is 5. The SMILES string of the molecule is CCCNc1nc(CC)nc(OCCOC(C)C)c1C. The first-order chi connectivity index (χ1) is 9.58. The largest absolute Gasteiger partial charge is 0.475 e. The summed E-state index contributed by atoms with van der Waals surface area (Å²) in [6, 6.07) is 0. The van der Waals surface area contributed by atoms with Gasteiger partial charge in [-0.05, 0) is 27.2 Å². The number of nitrogens with one attached hydrogen (secondary N) is 1. The van der Waals surface area contributed by atoms with Gasteiger partial charge in [0.05, 0.1) is 18.3 Å². The van der Waals surface area contributed by atoms with Crippen LogP contribution in [0, 0.1) is 6.92 Å². The van der Waals surface area contributed by atoms with Crippen LogP contribution in [0.3, 0.4) is 0 Å². The molecule has 0 fully saturated rings. The zero-order valence-electron chi connectivity index (χ0n) is 13.3. The van der Waals surface area contributed by atoms with E-state index >= 15 is 0 Å². The normalized spacial score (nSPS) is 10.9. The standard InChI is InChI=1S/C15H27N3O2/c1-6-8-16-14-12(5)15(18-13(7-2)17-14)20-10-9-19-11(3)4/h11H,6-10H2,1-5H3,(H,16,17,18). The summed E-state index contributed by atoms with van der Waals surface area (Å²) in [5.41, 5.74) is 0.959. The van der Waals surface area contributed by atoms with Crippen LogP contribution in [0.1, 0.15) is 45.5 Å². The van der Waals surface area contributed by atoms with Crippen molar-refractivity contribution in [3.63, 3.8) is 0 Å². The molecule has 0 radical (unpaired) electrons. The van der Waals surface area contributed by atoms with Crippen molar-refractivity contribution >= 4 is 5.82 Å². The van der Waals surface area contributed by atoms with E-state index < -0.39 is 0 Å². The lowest BCUT2D eigenvalue weighted by atomic mass is 10.3. The number of nitrogens with zero attached hydrogens (tertiary/aromatic N) is 2. The number of anilines is 1. The number of rotatable bonds is 9. The number of aryl methyl sites for hydroxylation is 1. The minimum atomic E-state index is 0.220. The highest BCUT2D eigenvalue weighted by Crippen LogP contribution is 2.22. The summed E-state index contributed by atoms with van der Waals surface area (Å²) < 4.78 is 11.2. The van der Waals surface area contributed by atoms with Crippen molar-refractivity contribution in [1.82, 2.24) is 9.97 Å². The fraction of sp³-hybridized carbons (Fsp3) is 0.733. The molecule has 20 heavy (non-hydrogen) atoms. The van der Waals surface area contributed by atoms with E-state index in [-0.39, 0.29) is 6.10 Å². The van der Waals surface area contributed by atoms with Crippen LogP contribution in [0.25, 0.3) is 0 Å². The molecule has 0 aliphatic heterocycles. The monoisotopic (exact) mass is 281 g/mol. The van der Waals surface area contributed by atoms with Crippen molar-refractivity contribution in [2.75, 3.05) is 25.1 Å². The predicted octanol–water partition coefficient (Wildman–Crippen LogP) is 2.97. The van der Waals surface area contributed by atoms with Crippen molar-refractivity contribution in [2.45, 2.75) is 53.6 Å². The number of ether oxygens (including phenoxy) is 2. The molecule has 0 aromatic carbocycles. The van der Waals surface area contributed by atoms with Gasteiger partial charge < -0.3 is 14.8 Å². The molecule has 0 atom stereocenters. The second-order valence-corrected chi connectivity index (χ2v) is 4.97. The molecule has 5 heteroatoms. The molecule has 0 saturated heterocycles. The van der Waals surface area contributed by atoms with E-state index in [0.717, 1.165) is 36.6 Å². The Kier molecular flexibility index (Phi) is 7.30. The van der Waals surface area contributed by atoms with Gasteiger partial charge in [-0.1, -0.05) is 13.8 Å². The maximum Gasteiger partial charge on any atom is 0.221 e. The van der Waals surface area contributed by atoms with Gasteiger partial charge in [-0.25, -0.2) is 4.98 Å². The van der Waals surface area contributed by atoms with Crippen LogP contribution in [0.15, 0.2) is 0 Å². The van der Waals surface area contributed by atoms with Crippen LogP contribution in [0.2, 0.25) is 0 Å². The Hall–Kier alpha value is -1.36. The van der Waals surface area contributed by atoms with E-state index in [2.05, 4.69) is 22.2 Å². The highest BCUT2D eigenvalue weighted by atomic mass is 16.5. The quantitative estimate of drug-likeness (QED) is 0.705. The minimum Gasteiger partial charge on any atom is -0.475 e. The van der Waals surface area contributed by atoms with Crippen LogP contribution in [0.5, 0.6) is 5.88 Å². The van der Waals surface area contributed by atoms with Crippen LogP contribution in [0.4, 0.5) is 5.82 Å². The molecular weight excluding hydrogens is 254 g/mol. The summed E-state index contributed by atoms with van der Waals surface area (Å²) in [4.78, 5) is 8.96. The Bertz CT molecular complexity index is 408. The summed E-state index contributed by atoms with van der Waals surface area (Å²) in [6.45, 7) is 12.2. The van der Waals surface area contributed by atoms with Gasteiger partial charge in [-0.3, -0.25) is 0 Å². The molecule has 1 N–H and O–H groups in total. The second kappa shape index (κ2) is 8.74. The third-order valence-electron chi connectivity index (χ3n) is 2.78. The highest BCUT2D eigenvalue weighted by Gasteiger charge is 2.11. The summed E-state index contributed by atoms with van der Waals surface area (Å²) in [5, 5.41) is 3.32. The molecule has 0 amide bonds. The maximum absolute atomic E-state index is 5.73. The topological polar surface area (TPSA) is 56.3 Å². The first kappa shape index (κ1) is 16.7. The lowest BCUT2D eigenvalue weighted by Crippen LogP contribution is -2.14. The molecule has 0 unspecified atom stereocenters. The van der Waals surface area contributed by atoms with E-state index in [1.165, 1.54) is 0 Å². The summed E-state index contributed by atoms with van der Waals surface area (Å²) in [6.07, 6.45) is 2.07. The molecule has 5 nitrogen and oxygen atoms in total. The third-order valence-corrected chi connectivity index (χ3v) is 2.78. The average molecular weight is 281 g/mol. The molecule has 1 rings (SSSR count). The Labute approximate surface area is 122 Å². The molecule has 1 heterocycles. The van der Waals surface area contributed by atoms with Crippen molar-refractivity contribution in [1.29, 1.82) is 0 Å². The van der Waals surface area contributed by atoms with Crippen molar-refractivity contribution in [2.24, 2.45) is 0 Å². The van der Waals surface area contributed by atoms with Gasteiger partial charge in [-0.2, -0.15) is 4.98 Å². The number of aromatic nitrogens is 2. The predicted molar refractivity (Wildman–Crippen MR) is 81.5 cm³/mol. The molecule has 1 aromatic rings. The van der Waals surface area contributed by atoms with Crippen LogP contribution in [-0.4, -0.2) is 35.8 Å². The molecule has 0 aliphatic rings. The summed E-state index contributed by atoms with van der Waals surface area (Å²) >= 11 is 0. The van der Waals surface area contributed by atoms with Gasteiger partial charge in [0.2, 0.25) is 5.88 Å². The van der Waals surface area contributed by atoms with Gasteiger partial charge >= 0.3 is 0 Å². The zero-order valence-corrected chi connectivity index (χ0v) is 13.3. The Balaban J connectivity index is 2.72. The van der Waals surface area contributed by atoms with Crippen molar-refractivity contribution in [3.8, 4) is 5.88 Å². The van der Waals surface area contributed by atoms with Gasteiger partial charge in [0.25, 0.3) is 0 Å². The minimum absolute atomic E-state index is 0.220. The van der Waals surface area contributed by atoms with Crippen LogP contribution in [-0.2, 0) is 11.2 Å².